The fourth-order valence-corrected chi connectivity index (χ4v) is 6.14. The molecule has 1 aliphatic carbocycles. The molecule has 6 nitrogen and oxygen atoms in total. The number of thiophene rings is 1. The van der Waals surface area contributed by atoms with Gasteiger partial charge in [0.2, 0.25) is 0 Å². The SMILES string of the molecule is COc1ccccc1N1CCN(c2nc(-c3cccnc3)nc3sc4c(c23)CCC4)CC1. The molecule has 0 amide bonds. The van der Waals surface area contributed by atoms with Crippen molar-refractivity contribution in [3.8, 4) is 17.1 Å². The number of benzene rings is 1. The molecule has 1 fully saturated rings. The highest BCUT2D eigenvalue weighted by Crippen LogP contribution is 2.42. The van der Waals surface area contributed by atoms with Crippen molar-refractivity contribution < 1.29 is 4.74 Å². The molecule has 1 aromatic carbocycles. The first kappa shape index (κ1) is 19.5. The second-order valence-electron chi connectivity index (χ2n) is 8.30. The van der Waals surface area contributed by atoms with Gasteiger partial charge in [0.05, 0.1) is 18.2 Å². The number of nitrogens with zero attached hydrogens (tertiary/aromatic N) is 5. The summed E-state index contributed by atoms with van der Waals surface area (Å²) < 4.78 is 5.59. The maximum Gasteiger partial charge on any atom is 0.164 e. The van der Waals surface area contributed by atoms with Gasteiger partial charge in [-0.25, -0.2) is 9.97 Å². The molecule has 0 bridgehead atoms. The van der Waals surface area contributed by atoms with Gasteiger partial charge < -0.3 is 14.5 Å². The quantitative estimate of drug-likeness (QED) is 0.460. The summed E-state index contributed by atoms with van der Waals surface area (Å²) in [6, 6.07) is 12.3. The number of rotatable bonds is 4. The molecule has 4 heterocycles. The Labute approximate surface area is 191 Å². The van der Waals surface area contributed by atoms with E-state index in [2.05, 4.69) is 26.9 Å². The zero-order chi connectivity index (χ0) is 21.5. The molecule has 32 heavy (non-hydrogen) atoms. The van der Waals surface area contributed by atoms with E-state index in [0.29, 0.717) is 0 Å². The maximum absolute atomic E-state index is 5.59. The van der Waals surface area contributed by atoms with Crippen LogP contribution in [0.5, 0.6) is 5.75 Å². The van der Waals surface area contributed by atoms with Crippen molar-refractivity contribution in [1.29, 1.82) is 0 Å². The lowest BCUT2D eigenvalue weighted by Crippen LogP contribution is -2.47. The number of piperazine rings is 1. The average molecular weight is 444 g/mol. The van der Waals surface area contributed by atoms with Crippen LogP contribution in [0.15, 0.2) is 48.8 Å². The van der Waals surface area contributed by atoms with E-state index in [4.69, 9.17) is 14.7 Å². The highest BCUT2D eigenvalue weighted by Gasteiger charge is 2.27. The summed E-state index contributed by atoms with van der Waals surface area (Å²) in [4.78, 5) is 21.8. The first-order valence-corrected chi connectivity index (χ1v) is 12.0. The minimum atomic E-state index is 0.771. The number of pyridine rings is 1. The number of aryl methyl sites for hydroxylation is 2. The first-order chi connectivity index (χ1) is 15.8. The number of aromatic nitrogens is 3. The van der Waals surface area contributed by atoms with Gasteiger partial charge in [-0.2, -0.15) is 0 Å². The van der Waals surface area contributed by atoms with E-state index in [1.165, 1.54) is 28.7 Å². The molecule has 4 aromatic rings. The van der Waals surface area contributed by atoms with Crippen molar-refractivity contribution >= 4 is 33.1 Å². The Morgan fingerprint density at radius 3 is 2.59 bits per heavy atom. The van der Waals surface area contributed by atoms with Crippen LogP contribution in [0.25, 0.3) is 21.6 Å². The van der Waals surface area contributed by atoms with E-state index in [1.54, 1.807) is 13.3 Å². The van der Waals surface area contributed by atoms with Crippen molar-refractivity contribution in [3.05, 3.63) is 59.2 Å². The zero-order valence-electron chi connectivity index (χ0n) is 18.1. The molecule has 0 unspecified atom stereocenters. The first-order valence-electron chi connectivity index (χ1n) is 11.2. The van der Waals surface area contributed by atoms with Gasteiger partial charge in [-0.3, -0.25) is 4.98 Å². The van der Waals surface area contributed by atoms with Crippen molar-refractivity contribution in [2.45, 2.75) is 19.3 Å². The third kappa shape index (κ3) is 3.28. The predicted octanol–water partition coefficient (Wildman–Crippen LogP) is 4.58. The highest BCUT2D eigenvalue weighted by atomic mass is 32.1. The van der Waals surface area contributed by atoms with Crippen LogP contribution in [-0.4, -0.2) is 48.2 Å². The molecule has 2 aliphatic rings. The van der Waals surface area contributed by atoms with Crippen molar-refractivity contribution in [3.63, 3.8) is 0 Å². The second-order valence-corrected chi connectivity index (χ2v) is 9.38. The van der Waals surface area contributed by atoms with Gasteiger partial charge in [0.25, 0.3) is 0 Å². The fraction of sp³-hybridized carbons (Fsp3) is 0.320. The summed E-state index contributed by atoms with van der Waals surface area (Å²) >= 11 is 1.85. The largest absolute Gasteiger partial charge is 0.495 e. The molecule has 1 saturated heterocycles. The maximum atomic E-state index is 5.59. The molecule has 0 atom stereocenters. The summed E-state index contributed by atoms with van der Waals surface area (Å²) in [5.74, 6) is 2.79. The number of hydrogen-bond acceptors (Lipinski definition) is 7. The minimum absolute atomic E-state index is 0.771. The van der Waals surface area contributed by atoms with Gasteiger partial charge in [0.15, 0.2) is 5.82 Å². The van der Waals surface area contributed by atoms with Crippen molar-refractivity contribution in [1.82, 2.24) is 15.0 Å². The van der Waals surface area contributed by atoms with Crippen LogP contribution in [0.2, 0.25) is 0 Å². The molecule has 162 valence electrons. The molecule has 0 spiro atoms. The molecule has 6 rings (SSSR count). The van der Waals surface area contributed by atoms with Crippen molar-refractivity contribution in [2.75, 3.05) is 43.1 Å². The minimum Gasteiger partial charge on any atom is -0.495 e. The average Bonchev–Trinajstić information content (AvgIpc) is 3.45. The van der Waals surface area contributed by atoms with E-state index in [1.807, 2.05) is 41.8 Å². The molecule has 0 radical (unpaired) electrons. The second kappa shape index (κ2) is 8.06. The lowest BCUT2D eigenvalue weighted by atomic mass is 10.1. The van der Waals surface area contributed by atoms with Crippen LogP contribution in [-0.2, 0) is 12.8 Å². The Hall–Kier alpha value is -3.19. The number of anilines is 2. The van der Waals surface area contributed by atoms with Gasteiger partial charge in [0, 0.05) is 49.0 Å². The van der Waals surface area contributed by atoms with E-state index in [-0.39, 0.29) is 0 Å². The number of methoxy groups -OCH3 is 1. The zero-order valence-corrected chi connectivity index (χ0v) is 18.9. The number of ether oxygens (including phenoxy) is 1. The summed E-state index contributed by atoms with van der Waals surface area (Å²) in [5, 5.41) is 1.28. The van der Waals surface area contributed by atoms with Gasteiger partial charge >= 0.3 is 0 Å². The molecular weight excluding hydrogens is 418 g/mol. The summed E-state index contributed by atoms with van der Waals surface area (Å²) in [5.41, 5.74) is 3.61. The molecule has 0 saturated carbocycles. The Morgan fingerprint density at radius 1 is 0.938 bits per heavy atom. The lowest BCUT2D eigenvalue weighted by Gasteiger charge is -2.37. The monoisotopic (exact) mass is 443 g/mol. The predicted molar refractivity (Wildman–Crippen MR) is 130 cm³/mol. The number of fused-ring (bicyclic) bond motifs is 3. The van der Waals surface area contributed by atoms with Crippen LogP contribution in [0.1, 0.15) is 16.9 Å². The molecule has 0 N–H and O–H groups in total. The summed E-state index contributed by atoms with van der Waals surface area (Å²) in [6.07, 6.45) is 7.19. The van der Waals surface area contributed by atoms with E-state index in [9.17, 15) is 0 Å². The van der Waals surface area contributed by atoms with E-state index in [0.717, 1.165) is 66.1 Å². The van der Waals surface area contributed by atoms with Crippen LogP contribution in [0, 0.1) is 0 Å². The van der Waals surface area contributed by atoms with Gasteiger partial charge in [0.1, 0.15) is 16.4 Å². The number of para-hydroxylation sites is 2. The molecule has 1 aliphatic heterocycles. The van der Waals surface area contributed by atoms with Crippen LogP contribution in [0.4, 0.5) is 11.5 Å². The smallest absolute Gasteiger partial charge is 0.164 e. The third-order valence-corrected chi connectivity index (χ3v) is 7.66. The van der Waals surface area contributed by atoms with Crippen LogP contribution in [0.3, 0.4) is 0 Å². The third-order valence-electron chi connectivity index (χ3n) is 6.47. The van der Waals surface area contributed by atoms with Gasteiger partial charge in [-0.05, 0) is 49.1 Å². The van der Waals surface area contributed by atoms with Crippen LogP contribution < -0.4 is 14.5 Å². The lowest BCUT2D eigenvalue weighted by molar-refractivity contribution is 0.413. The fourth-order valence-electron chi connectivity index (χ4n) is 4.88. The standard InChI is InChI=1S/C25H25N5OS/c1-31-20-9-3-2-8-19(20)29-12-14-30(15-13-29)24-22-18-7-4-10-21(18)32-25(22)28-23(27-24)17-6-5-11-26-16-17/h2-3,5-6,8-9,11,16H,4,7,10,12-15H2,1H3. The summed E-state index contributed by atoms with van der Waals surface area (Å²) in [7, 11) is 1.74. The molecule has 3 aromatic heterocycles. The normalized spacial score (nSPS) is 15.9. The van der Waals surface area contributed by atoms with Crippen LogP contribution >= 0.6 is 11.3 Å². The van der Waals surface area contributed by atoms with Gasteiger partial charge in [-0.1, -0.05) is 12.1 Å². The number of hydrogen-bond donors (Lipinski definition) is 0. The Kier molecular flexibility index (Phi) is 4.91. The Morgan fingerprint density at radius 2 is 1.78 bits per heavy atom. The Bertz CT molecular complexity index is 1260. The van der Waals surface area contributed by atoms with E-state index < -0.39 is 0 Å². The topological polar surface area (TPSA) is 54.4 Å². The Balaban J connectivity index is 1.37. The molecular formula is C25H25N5OS. The highest BCUT2D eigenvalue weighted by molar-refractivity contribution is 7.19. The summed E-state index contributed by atoms with van der Waals surface area (Å²) in [6.45, 7) is 3.70. The molecule has 7 heteroatoms. The van der Waals surface area contributed by atoms with Gasteiger partial charge in [-0.15, -0.1) is 11.3 Å². The van der Waals surface area contributed by atoms with E-state index >= 15 is 0 Å². The van der Waals surface area contributed by atoms with Crippen molar-refractivity contribution in [2.24, 2.45) is 0 Å².